The fourth-order valence-corrected chi connectivity index (χ4v) is 4.35. The first-order valence-corrected chi connectivity index (χ1v) is 9.79. The second-order valence-corrected chi connectivity index (χ2v) is 7.49. The summed E-state index contributed by atoms with van der Waals surface area (Å²) < 4.78 is 14.0. The van der Waals surface area contributed by atoms with Crippen LogP contribution in [0.3, 0.4) is 0 Å². The number of piperidine rings is 1. The summed E-state index contributed by atoms with van der Waals surface area (Å²) in [5.74, 6) is -0.104. The predicted octanol–water partition coefficient (Wildman–Crippen LogP) is 3.61. The minimum absolute atomic E-state index is 0.104. The average Bonchev–Trinajstić information content (AvgIpc) is 2.70. The molecule has 2 saturated heterocycles. The number of benzene rings is 2. The van der Waals surface area contributed by atoms with Crippen LogP contribution in [0.5, 0.6) is 0 Å². The SMILES string of the molecule is Fc1ccccc1N1CCN([C@@H]2CCCN(Cc3ccccc3)C2)CC1. The van der Waals surface area contributed by atoms with E-state index in [1.54, 1.807) is 12.1 Å². The number of piperazine rings is 1. The molecule has 0 aromatic heterocycles. The van der Waals surface area contributed by atoms with Crippen molar-refractivity contribution in [1.82, 2.24) is 9.80 Å². The lowest BCUT2D eigenvalue weighted by Gasteiger charge is -2.44. The van der Waals surface area contributed by atoms with Crippen LogP contribution in [0.4, 0.5) is 10.1 Å². The van der Waals surface area contributed by atoms with Crippen molar-refractivity contribution in [2.45, 2.75) is 25.4 Å². The summed E-state index contributed by atoms with van der Waals surface area (Å²) in [5, 5.41) is 0. The van der Waals surface area contributed by atoms with Gasteiger partial charge in [0, 0.05) is 45.3 Å². The summed E-state index contributed by atoms with van der Waals surface area (Å²) in [6, 6.07) is 18.5. The summed E-state index contributed by atoms with van der Waals surface area (Å²) in [6.07, 6.45) is 2.55. The van der Waals surface area contributed by atoms with Gasteiger partial charge in [-0.2, -0.15) is 0 Å². The number of rotatable bonds is 4. The highest BCUT2D eigenvalue weighted by molar-refractivity contribution is 5.48. The van der Waals surface area contributed by atoms with Crippen molar-refractivity contribution >= 4 is 5.69 Å². The lowest BCUT2D eigenvalue weighted by atomic mass is 10.0. The summed E-state index contributed by atoms with van der Waals surface area (Å²) in [4.78, 5) is 7.40. The van der Waals surface area contributed by atoms with E-state index in [4.69, 9.17) is 0 Å². The third-order valence-electron chi connectivity index (χ3n) is 5.75. The van der Waals surface area contributed by atoms with Crippen LogP contribution in [0.15, 0.2) is 54.6 Å². The van der Waals surface area contributed by atoms with Gasteiger partial charge in [-0.05, 0) is 37.1 Å². The highest BCUT2D eigenvalue weighted by atomic mass is 19.1. The fraction of sp³-hybridized carbons (Fsp3) is 0.455. The second-order valence-electron chi connectivity index (χ2n) is 7.49. The van der Waals surface area contributed by atoms with E-state index in [9.17, 15) is 4.39 Å². The van der Waals surface area contributed by atoms with Crippen LogP contribution in [0, 0.1) is 5.82 Å². The van der Waals surface area contributed by atoms with Crippen molar-refractivity contribution in [3.05, 3.63) is 66.0 Å². The van der Waals surface area contributed by atoms with E-state index in [2.05, 4.69) is 45.0 Å². The zero-order valence-electron chi connectivity index (χ0n) is 15.4. The van der Waals surface area contributed by atoms with Gasteiger partial charge in [-0.3, -0.25) is 9.80 Å². The molecule has 2 fully saturated rings. The number of para-hydroxylation sites is 1. The monoisotopic (exact) mass is 353 g/mol. The first kappa shape index (κ1) is 17.5. The van der Waals surface area contributed by atoms with Crippen LogP contribution >= 0.6 is 0 Å². The molecule has 4 heteroatoms. The number of anilines is 1. The van der Waals surface area contributed by atoms with Gasteiger partial charge < -0.3 is 4.90 Å². The molecule has 1 atom stereocenters. The molecule has 2 heterocycles. The second kappa shape index (κ2) is 8.19. The Bertz CT molecular complexity index is 698. The number of likely N-dealkylation sites (tertiary alicyclic amines) is 1. The van der Waals surface area contributed by atoms with E-state index >= 15 is 0 Å². The van der Waals surface area contributed by atoms with Gasteiger partial charge in [0.1, 0.15) is 5.82 Å². The van der Waals surface area contributed by atoms with Crippen LogP contribution in [-0.4, -0.2) is 55.1 Å². The highest BCUT2D eigenvalue weighted by Crippen LogP contribution is 2.23. The van der Waals surface area contributed by atoms with Gasteiger partial charge in [0.15, 0.2) is 0 Å². The van der Waals surface area contributed by atoms with Crippen molar-refractivity contribution < 1.29 is 4.39 Å². The molecule has 0 unspecified atom stereocenters. The molecule has 3 nitrogen and oxygen atoms in total. The highest BCUT2D eigenvalue weighted by Gasteiger charge is 2.28. The summed E-state index contributed by atoms with van der Waals surface area (Å²) >= 11 is 0. The summed E-state index contributed by atoms with van der Waals surface area (Å²) in [6.45, 7) is 7.27. The zero-order valence-corrected chi connectivity index (χ0v) is 15.4. The van der Waals surface area contributed by atoms with E-state index in [0.717, 1.165) is 45.0 Å². The van der Waals surface area contributed by atoms with Gasteiger partial charge in [-0.25, -0.2) is 4.39 Å². The molecule has 0 N–H and O–H groups in total. The first-order chi connectivity index (χ1) is 12.8. The molecule has 0 aliphatic carbocycles. The van der Waals surface area contributed by atoms with Crippen molar-refractivity contribution in [3.63, 3.8) is 0 Å². The van der Waals surface area contributed by atoms with Crippen LogP contribution in [0.2, 0.25) is 0 Å². The first-order valence-electron chi connectivity index (χ1n) is 9.79. The van der Waals surface area contributed by atoms with Crippen molar-refractivity contribution in [1.29, 1.82) is 0 Å². The lowest BCUT2D eigenvalue weighted by Crippen LogP contribution is -2.55. The molecule has 2 aromatic rings. The van der Waals surface area contributed by atoms with E-state index in [-0.39, 0.29) is 5.82 Å². The smallest absolute Gasteiger partial charge is 0.146 e. The topological polar surface area (TPSA) is 9.72 Å². The molecule has 0 saturated carbocycles. The van der Waals surface area contributed by atoms with Crippen molar-refractivity contribution in [3.8, 4) is 0 Å². The van der Waals surface area contributed by atoms with Crippen LogP contribution in [0.1, 0.15) is 18.4 Å². The third-order valence-corrected chi connectivity index (χ3v) is 5.75. The van der Waals surface area contributed by atoms with Crippen LogP contribution < -0.4 is 4.90 Å². The lowest BCUT2D eigenvalue weighted by molar-refractivity contribution is 0.0887. The van der Waals surface area contributed by atoms with E-state index in [1.807, 2.05) is 12.1 Å². The molecule has 138 valence electrons. The van der Waals surface area contributed by atoms with E-state index in [1.165, 1.54) is 24.9 Å². The maximum Gasteiger partial charge on any atom is 0.146 e. The number of hydrogen-bond acceptors (Lipinski definition) is 3. The molecular weight excluding hydrogens is 325 g/mol. The standard InChI is InChI=1S/C22H28FN3/c23-21-10-4-5-11-22(21)26-15-13-25(14-16-26)20-9-6-12-24(18-20)17-19-7-2-1-3-8-19/h1-5,7-8,10-11,20H,6,9,12-18H2/t20-/m1/s1. The molecule has 4 rings (SSSR count). The Morgan fingerprint density at radius 3 is 2.35 bits per heavy atom. The van der Waals surface area contributed by atoms with E-state index < -0.39 is 0 Å². The number of nitrogens with zero attached hydrogens (tertiary/aromatic N) is 3. The largest absolute Gasteiger partial charge is 0.367 e. The fourth-order valence-electron chi connectivity index (χ4n) is 4.35. The van der Waals surface area contributed by atoms with Crippen LogP contribution in [0.25, 0.3) is 0 Å². The molecule has 2 aliphatic heterocycles. The Morgan fingerprint density at radius 2 is 1.58 bits per heavy atom. The average molecular weight is 353 g/mol. The van der Waals surface area contributed by atoms with Gasteiger partial charge in [0.25, 0.3) is 0 Å². The molecule has 2 aliphatic rings. The Balaban J connectivity index is 1.32. The quantitative estimate of drug-likeness (QED) is 0.831. The molecule has 0 amide bonds. The zero-order chi connectivity index (χ0) is 17.8. The van der Waals surface area contributed by atoms with Gasteiger partial charge in [0.2, 0.25) is 0 Å². The van der Waals surface area contributed by atoms with Gasteiger partial charge in [-0.15, -0.1) is 0 Å². The number of halogens is 1. The Hall–Kier alpha value is -1.91. The number of hydrogen-bond donors (Lipinski definition) is 0. The maximum absolute atomic E-state index is 14.0. The molecule has 2 aromatic carbocycles. The minimum Gasteiger partial charge on any atom is -0.367 e. The third kappa shape index (κ3) is 4.08. The molecule has 26 heavy (non-hydrogen) atoms. The summed E-state index contributed by atoms with van der Waals surface area (Å²) in [7, 11) is 0. The van der Waals surface area contributed by atoms with Gasteiger partial charge in [0.05, 0.1) is 5.69 Å². The molecule has 0 bridgehead atoms. The van der Waals surface area contributed by atoms with Crippen molar-refractivity contribution in [2.75, 3.05) is 44.2 Å². The normalized spacial score (nSPS) is 22.5. The molecular formula is C22H28FN3. The minimum atomic E-state index is -0.104. The van der Waals surface area contributed by atoms with Gasteiger partial charge in [-0.1, -0.05) is 42.5 Å². The maximum atomic E-state index is 14.0. The predicted molar refractivity (Wildman–Crippen MR) is 105 cm³/mol. The van der Waals surface area contributed by atoms with Crippen LogP contribution in [-0.2, 0) is 6.54 Å². The summed E-state index contributed by atoms with van der Waals surface area (Å²) in [5.41, 5.74) is 2.15. The Morgan fingerprint density at radius 1 is 0.846 bits per heavy atom. The van der Waals surface area contributed by atoms with Gasteiger partial charge >= 0.3 is 0 Å². The molecule has 0 radical (unpaired) electrons. The molecule has 0 spiro atoms. The van der Waals surface area contributed by atoms with Crippen molar-refractivity contribution in [2.24, 2.45) is 0 Å². The Labute approximate surface area is 156 Å². The Kier molecular flexibility index (Phi) is 5.51. The van der Waals surface area contributed by atoms with E-state index in [0.29, 0.717) is 6.04 Å².